The summed E-state index contributed by atoms with van der Waals surface area (Å²) in [6, 6.07) is 17.5. The Balaban J connectivity index is 1.80. The lowest BCUT2D eigenvalue weighted by molar-refractivity contribution is 0.127. The smallest absolute Gasteiger partial charge is 0.124 e. The average molecular weight is 294 g/mol. The molecular formula is C19H22N2O. The molecule has 0 amide bonds. The Hall–Kier alpha value is -1.84. The van der Waals surface area contributed by atoms with E-state index < -0.39 is 0 Å². The number of likely N-dealkylation sites (N-methyl/N-ethyl adjacent to an activating group) is 1. The number of nitrogens with zero attached hydrogens (tertiary/aromatic N) is 2. The first-order valence-corrected chi connectivity index (χ1v) is 8.05. The van der Waals surface area contributed by atoms with E-state index in [0.29, 0.717) is 12.6 Å². The van der Waals surface area contributed by atoms with E-state index in [4.69, 9.17) is 4.74 Å². The van der Waals surface area contributed by atoms with Crippen LogP contribution >= 0.6 is 0 Å². The third kappa shape index (κ3) is 2.40. The summed E-state index contributed by atoms with van der Waals surface area (Å²) in [7, 11) is 2.20. The number of hydrogen-bond acceptors (Lipinski definition) is 3. The monoisotopic (exact) mass is 294 g/mol. The molecule has 0 aromatic heterocycles. The van der Waals surface area contributed by atoms with E-state index in [9.17, 15) is 0 Å². The second kappa shape index (κ2) is 5.75. The third-order valence-electron chi connectivity index (χ3n) is 4.85. The standard InChI is InChI=1S/C19H22N2O/c1-20-10-12-21(13-11-20)19-16-7-3-2-6-15(16)14-22-18-9-5-4-8-17(18)19/h2-9,19H,10-14H2,1H3/t19-/m1/s1. The molecule has 2 aromatic rings. The van der Waals surface area contributed by atoms with Gasteiger partial charge in [0.1, 0.15) is 12.4 Å². The molecule has 4 rings (SSSR count). The van der Waals surface area contributed by atoms with Crippen LogP contribution in [0, 0.1) is 0 Å². The molecule has 0 aliphatic carbocycles. The van der Waals surface area contributed by atoms with Gasteiger partial charge in [-0.15, -0.1) is 0 Å². The van der Waals surface area contributed by atoms with E-state index in [-0.39, 0.29) is 0 Å². The first-order chi connectivity index (χ1) is 10.8. The molecule has 1 atom stereocenters. The van der Waals surface area contributed by atoms with Gasteiger partial charge in [-0.1, -0.05) is 42.5 Å². The van der Waals surface area contributed by atoms with Crippen LogP contribution in [0.3, 0.4) is 0 Å². The van der Waals surface area contributed by atoms with Crippen LogP contribution in [0.15, 0.2) is 48.5 Å². The molecule has 0 bridgehead atoms. The molecule has 1 saturated heterocycles. The van der Waals surface area contributed by atoms with Gasteiger partial charge in [0.2, 0.25) is 0 Å². The Bertz CT molecular complexity index is 614. The van der Waals surface area contributed by atoms with E-state index in [1.165, 1.54) is 16.7 Å². The van der Waals surface area contributed by atoms with E-state index in [0.717, 1.165) is 31.9 Å². The molecule has 0 unspecified atom stereocenters. The van der Waals surface area contributed by atoms with Crippen LogP contribution in [-0.2, 0) is 6.61 Å². The number of hydrogen-bond donors (Lipinski definition) is 0. The molecule has 0 saturated carbocycles. The zero-order chi connectivity index (χ0) is 14.9. The molecular weight excluding hydrogens is 272 g/mol. The summed E-state index contributed by atoms with van der Waals surface area (Å²) in [5.74, 6) is 1.03. The minimum Gasteiger partial charge on any atom is -0.489 e. The summed E-state index contributed by atoms with van der Waals surface area (Å²) < 4.78 is 6.08. The lowest BCUT2D eigenvalue weighted by Crippen LogP contribution is -2.46. The maximum atomic E-state index is 6.08. The SMILES string of the molecule is CN1CCN([C@@H]2c3ccccc3COc3ccccc32)CC1. The van der Waals surface area contributed by atoms with Gasteiger partial charge in [0.25, 0.3) is 0 Å². The highest BCUT2D eigenvalue weighted by molar-refractivity contribution is 5.46. The molecule has 22 heavy (non-hydrogen) atoms. The fourth-order valence-corrected chi connectivity index (χ4v) is 3.57. The molecule has 2 aliphatic rings. The Morgan fingerprint density at radius 3 is 2.36 bits per heavy atom. The van der Waals surface area contributed by atoms with Gasteiger partial charge in [-0.2, -0.15) is 0 Å². The fourth-order valence-electron chi connectivity index (χ4n) is 3.57. The molecule has 114 valence electrons. The Morgan fingerprint density at radius 1 is 0.864 bits per heavy atom. The van der Waals surface area contributed by atoms with Gasteiger partial charge in [0, 0.05) is 31.7 Å². The Labute approximate surface area is 132 Å². The lowest BCUT2D eigenvalue weighted by atomic mass is 9.93. The normalized spacial score (nSPS) is 22.3. The number of para-hydroxylation sites is 1. The van der Waals surface area contributed by atoms with Gasteiger partial charge >= 0.3 is 0 Å². The van der Waals surface area contributed by atoms with E-state index in [1.54, 1.807) is 0 Å². The molecule has 0 radical (unpaired) electrons. The highest BCUT2D eigenvalue weighted by Crippen LogP contribution is 2.39. The van der Waals surface area contributed by atoms with Crippen LogP contribution in [0.4, 0.5) is 0 Å². The van der Waals surface area contributed by atoms with E-state index >= 15 is 0 Å². The van der Waals surface area contributed by atoms with Crippen molar-refractivity contribution in [1.29, 1.82) is 0 Å². The summed E-state index contributed by atoms with van der Waals surface area (Å²) in [5.41, 5.74) is 4.01. The molecule has 2 heterocycles. The van der Waals surface area contributed by atoms with Crippen molar-refractivity contribution in [3.63, 3.8) is 0 Å². The van der Waals surface area contributed by atoms with Gasteiger partial charge in [0.05, 0.1) is 6.04 Å². The van der Waals surface area contributed by atoms with Crippen molar-refractivity contribution in [2.24, 2.45) is 0 Å². The zero-order valence-electron chi connectivity index (χ0n) is 13.0. The van der Waals surface area contributed by atoms with Crippen molar-refractivity contribution in [3.05, 3.63) is 65.2 Å². The van der Waals surface area contributed by atoms with Gasteiger partial charge in [-0.25, -0.2) is 0 Å². The molecule has 0 spiro atoms. The van der Waals surface area contributed by atoms with Crippen LogP contribution in [0.2, 0.25) is 0 Å². The van der Waals surface area contributed by atoms with Crippen LogP contribution in [-0.4, -0.2) is 43.0 Å². The molecule has 0 N–H and O–H groups in total. The minimum atomic E-state index is 0.309. The van der Waals surface area contributed by atoms with Gasteiger partial charge in [-0.05, 0) is 24.2 Å². The van der Waals surface area contributed by atoms with Crippen molar-refractivity contribution < 1.29 is 4.74 Å². The molecule has 3 heteroatoms. The predicted octanol–water partition coefficient (Wildman–Crippen LogP) is 2.92. The van der Waals surface area contributed by atoms with Crippen molar-refractivity contribution in [2.45, 2.75) is 12.6 Å². The summed E-state index contributed by atoms with van der Waals surface area (Å²) in [6.45, 7) is 5.12. The highest BCUT2D eigenvalue weighted by atomic mass is 16.5. The number of ether oxygens (including phenoxy) is 1. The minimum absolute atomic E-state index is 0.309. The van der Waals surface area contributed by atoms with Crippen LogP contribution in [0.5, 0.6) is 5.75 Å². The summed E-state index contributed by atoms with van der Waals surface area (Å²) >= 11 is 0. The van der Waals surface area contributed by atoms with Crippen molar-refractivity contribution in [1.82, 2.24) is 9.80 Å². The summed E-state index contributed by atoms with van der Waals surface area (Å²) in [6.07, 6.45) is 0. The predicted molar refractivity (Wildman–Crippen MR) is 88.1 cm³/mol. The summed E-state index contributed by atoms with van der Waals surface area (Å²) in [5, 5.41) is 0. The Morgan fingerprint density at radius 2 is 1.55 bits per heavy atom. The largest absolute Gasteiger partial charge is 0.489 e. The zero-order valence-corrected chi connectivity index (χ0v) is 13.0. The first kappa shape index (κ1) is 13.8. The van der Waals surface area contributed by atoms with Crippen LogP contribution < -0.4 is 4.74 Å². The third-order valence-corrected chi connectivity index (χ3v) is 4.85. The van der Waals surface area contributed by atoms with Gasteiger partial charge < -0.3 is 9.64 Å². The Kier molecular flexibility index (Phi) is 3.60. The van der Waals surface area contributed by atoms with Crippen LogP contribution in [0.1, 0.15) is 22.7 Å². The number of rotatable bonds is 1. The maximum absolute atomic E-state index is 6.08. The first-order valence-electron chi connectivity index (χ1n) is 8.05. The van der Waals surface area contributed by atoms with Gasteiger partial charge in [-0.3, -0.25) is 4.90 Å². The molecule has 1 fully saturated rings. The maximum Gasteiger partial charge on any atom is 0.124 e. The molecule has 2 aliphatic heterocycles. The lowest BCUT2D eigenvalue weighted by Gasteiger charge is -2.38. The van der Waals surface area contributed by atoms with Crippen molar-refractivity contribution in [2.75, 3.05) is 33.2 Å². The average Bonchev–Trinajstić information content (AvgIpc) is 2.73. The highest BCUT2D eigenvalue weighted by Gasteiger charge is 2.30. The molecule has 3 nitrogen and oxygen atoms in total. The number of piperazine rings is 1. The topological polar surface area (TPSA) is 15.7 Å². The van der Waals surface area contributed by atoms with Crippen LogP contribution in [0.25, 0.3) is 0 Å². The number of benzene rings is 2. The van der Waals surface area contributed by atoms with E-state index in [2.05, 4.69) is 65.4 Å². The quantitative estimate of drug-likeness (QED) is 0.804. The number of fused-ring (bicyclic) bond motifs is 2. The molecule has 2 aromatic carbocycles. The second-order valence-corrected chi connectivity index (χ2v) is 6.27. The second-order valence-electron chi connectivity index (χ2n) is 6.27. The van der Waals surface area contributed by atoms with Gasteiger partial charge in [0.15, 0.2) is 0 Å². The summed E-state index contributed by atoms with van der Waals surface area (Å²) in [4.78, 5) is 5.01. The van der Waals surface area contributed by atoms with E-state index in [1.807, 2.05) is 0 Å². The van der Waals surface area contributed by atoms with Crippen molar-refractivity contribution >= 4 is 0 Å². The fraction of sp³-hybridized carbons (Fsp3) is 0.368. The van der Waals surface area contributed by atoms with Crippen molar-refractivity contribution in [3.8, 4) is 5.75 Å².